The van der Waals surface area contributed by atoms with Crippen molar-refractivity contribution in [2.45, 2.75) is 25.3 Å². The Morgan fingerprint density at radius 1 is 1.11 bits per heavy atom. The van der Waals surface area contributed by atoms with Crippen LogP contribution in [0.25, 0.3) is 10.9 Å². The lowest BCUT2D eigenvalue weighted by molar-refractivity contribution is -0.122. The Balaban J connectivity index is 1.30. The third-order valence-electron chi connectivity index (χ3n) is 5.72. The molecule has 2 aromatic heterocycles. The fraction of sp³-hybridized carbons (Fsp3) is 0.269. The highest BCUT2D eigenvalue weighted by atomic mass is 32.1. The lowest BCUT2D eigenvalue weighted by Crippen LogP contribution is -2.42. The standard InChI is InChI=1S/C26H29N5O4S/c1-34-22-8-6-19(14-23(22)35-2)31-25(32)16-5-7-21-17(12-16)13-18(30-21)4-3-9-29-26(33)20(27)15-24-28-10-11-36-24/h5-8,10-14,20,30H,3-4,9,15,27H2,1-2H3,(H,29,33)(H,31,32). The third kappa shape index (κ3) is 6.21. The fourth-order valence-electron chi connectivity index (χ4n) is 3.84. The molecule has 2 heterocycles. The number of nitrogens with zero attached hydrogens (tertiary/aromatic N) is 1. The highest BCUT2D eigenvalue weighted by molar-refractivity contribution is 7.09. The van der Waals surface area contributed by atoms with E-state index < -0.39 is 6.04 Å². The molecule has 10 heteroatoms. The van der Waals surface area contributed by atoms with E-state index in [1.807, 2.05) is 23.6 Å². The molecule has 4 rings (SSSR count). The molecule has 0 aliphatic heterocycles. The summed E-state index contributed by atoms with van der Waals surface area (Å²) in [6, 6.07) is 12.2. The molecule has 1 unspecified atom stereocenters. The zero-order chi connectivity index (χ0) is 25.5. The second kappa shape index (κ2) is 11.7. The Morgan fingerprint density at radius 3 is 2.69 bits per heavy atom. The number of hydrogen-bond donors (Lipinski definition) is 4. The van der Waals surface area contributed by atoms with Crippen LogP contribution in [0.4, 0.5) is 5.69 Å². The minimum absolute atomic E-state index is 0.174. The van der Waals surface area contributed by atoms with Gasteiger partial charge in [-0.15, -0.1) is 11.3 Å². The molecule has 0 saturated carbocycles. The highest BCUT2D eigenvalue weighted by Gasteiger charge is 2.15. The van der Waals surface area contributed by atoms with Crippen LogP contribution in [-0.4, -0.2) is 48.6 Å². The minimum Gasteiger partial charge on any atom is -0.493 e. The molecule has 0 spiro atoms. The number of aromatic nitrogens is 2. The summed E-state index contributed by atoms with van der Waals surface area (Å²) in [6.45, 7) is 0.527. The number of carbonyl (C=O) groups is 2. The van der Waals surface area contributed by atoms with Crippen molar-refractivity contribution in [1.82, 2.24) is 15.3 Å². The van der Waals surface area contributed by atoms with Crippen LogP contribution in [0.5, 0.6) is 11.5 Å². The van der Waals surface area contributed by atoms with Crippen molar-refractivity contribution in [3.63, 3.8) is 0 Å². The molecule has 1 atom stereocenters. The van der Waals surface area contributed by atoms with Crippen molar-refractivity contribution in [2.24, 2.45) is 5.73 Å². The summed E-state index contributed by atoms with van der Waals surface area (Å²) < 4.78 is 10.5. The third-order valence-corrected chi connectivity index (χ3v) is 6.52. The maximum absolute atomic E-state index is 12.8. The van der Waals surface area contributed by atoms with E-state index in [0.29, 0.717) is 35.7 Å². The van der Waals surface area contributed by atoms with Crippen molar-refractivity contribution in [3.05, 3.63) is 70.3 Å². The first-order chi connectivity index (χ1) is 17.5. The molecule has 5 N–H and O–H groups in total. The molecular formula is C26H29N5O4S. The minimum atomic E-state index is -0.604. The summed E-state index contributed by atoms with van der Waals surface area (Å²) in [5, 5.41) is 9.45. The largest absolute Gasteiger partial charge is 0.493 e. The number of aryl methyl sites for hydroxylation is 1. The van der Waals surface area contributed by atoms with Crippen LogP contribution < -0.4 is 25.8 Å². The van der Waals surface area contributed by atoms with Gasteiger partial charge >= 0.3 is 0 Å². The van der Waals surface area contributed by atoms with Crippen LogP contribution in [0.15, 0.2) is 54.0 Å². The number of amides is 2. The molecular weight excluding hydrogens is 478 g/mol. The normalized spacial score (nSPS) is 11.8. The van der Waals surface area contributed by atoms with Crippen molar-refractivity contribution >= 4 is 39.7 Å². The van der Waals surface area contributed by atoms with Gasteiger partial charge in [0.2, 0.25) is 5.91 Å². The van der Waals surface area contributed by atoms with Gasteiger partial charge in [-0.25, -0.2) is 4.98 Å². The first-order valence-electron chi connectivity index (χ1n) is 11.5. The predicted molar refractivity (Wildman–Crippen MR) is 141 cm³/mol. The van der Waals surface area contributed by atoms with Gasteiger partial charge in [0.25, 0.3) is 5.91 Å². The molecule has 2 amide bonds. The molecule has 0 bridgehead atoms. The topological polar surface area (TPSA) is 131 Å². The van der Waals surface area contributed by atoms with Crippen LogP contribution in [0, 0.1) is 0 Å². The lowest BCUT2D eigenvalue weighted by Gasteiger charge is -2.10. The zero-order valence-corrected chi connectivity index (χ0v) is 21.0. The zero-order valence-electron chi connectivity index (χ0n) is 20.2. The van der Waals surface area contributed by atoms with E-state index in [1.54, 1.807) is 44.7 Å². The van der Waals surface area contributed by atoms with Crippen LogP contribution in [-0.2, 0) is 17.6 Å². The second-order valence-corrected chi connectivity index (χ2v) is 9.23. The molecule has 36 heavy (non-hydrogen) atoms. The summed E-state index contributed by atoms with van der Waals surface area (Å²) >= 11 is 1.49. The van der Waals surface area contributed by atoms with Crippen molar-refractivity contribution in [3.8, 4) is 11.5 Å². The molecule has 0 aliphatic carbocycles. The maximum atomic E-state index is 12.8. The Morgan fingerprint density at radius 2 is 1.94 bits per heavy atom. The molecule has 9 nitrogen and oxygen atoms in total. The molecule has 0 saturated heterocycles. The summed E-state index contributed by atoms with van der Waals surface area (Å²) in [6.07, 6.45) is 3.66. The highest BCUT2D eigenvalue weighted by Crippen LogP contribution is 2.30. The van der Waals surface area contributed by atoms with E-state index in [2.05, 4.69) is 20.6 Å². The van der Waals surface area contributed by atoms with Crippen molar-refractivity contribution in [2.75, 3.05) is 26.1 Å². The van der Waals surface area contributed by atoms with Gasteiger partial charge < -0.3 is 30.8 Å². The van der Waals surface area contributed by atoms with Crippen LogP contribution in [0.3, 0.4) is 0 Å². The number of hydrogen-bond acceptors (Lipinski definition) is 7. The summed E-state index contributed by atoms with van der Waals surface area (Å²) in [5.41, 5.74) is 9.11. The summed E-state index contributed by atoms with van der Waals surface area (Å²) in [7, 11) is 3.11. The first kappa shape index (κ1) is 25.2. The number of benzene rings is 2. The van der Waals surface area contributed by atoms with Gasteiger partial charge in [0.1, 0.15) is 0 Å². The number of fused-ring (bicyclic) bond motifs is 1. The number of aromatic amines is 1. The number of anilines is 1. The lowest BCUT2D eigenvalue weighted by atomic mass is 10.1. The second-order valence-electron chi connectivity index (χ2n) is 8.25. The number of carbonyl (C=O) groups excluding carboxylic acids is 2. The van der Waals surface area contributed by atoms with Gasteiger partial charge in [0.05, 0.1) is 25.3 Å². The number of nitrogens with two attached hydrogens (primary N) is 1. The number of H-pyrrole nitrogens is 1. The number of ether oxygens (including phenoxy) is 2. The van der Waals surface area contributed by atoms with E-state index >= 15 is 0 Å². The molecule has 4 aromatic rings. The van der Waals surface area contributed by atoms with Crippen LogP contribution in [0.2, 0.25) is 0 Å². The van der Waals surface area contributed by atoms with Gasteiger partial charge in [-0.05, 0) is 49.2 Å². The Labute approximate surface area is 213 Å². The summed E-state index contributed by atoms with van der Waals surface area (Å²) in [5.74, 6) is 0.740. The van der Waals surface area contributed by atoms with Crippen molar-refractivity contribution < 1.29 is 19.1 Å². The number of rotatable bonds is 11. The molecule has 0 radical (unpaired) electrons. The fourth-order valence-corrected chi connectivity index (χ4v) is 4.52. The first-order valence-corrected chi connectivity index (χ1v) is 12.4. The van der Waals surface area contributed by atoms with Gasteiger partial charge in [-0.2, -0.15) is 0 Å². The van der Waals surface area contributed by atoms with Crippen LogP contribution in [0.1, 0.15) is 27.5 Å². The average molecular weight is 508 g/mol. The van der Waals surface area contributed by atoms with E-state index in [1.165, 1.54) is 11.3 Å². The number of methoxy groups -OCH3 is 2. The maximum Gasteiger partial charge on any atom is 0.255 e. The Bertz CT molecular complexity index is 1340. The number of thiazole rings is 1. The SMILES string of the molecule is COc1ccc(NC(=O)c2ccc3[nH]c(CCCNC(=O)C(N)Cc4nccs4)cc3c2)cc1OC. The quantitative estimate of drug-likeness (QED) is 0.230. The number of nitrogens with one attached hydrogen (secondary N) is 3. The molecule has 0 fully saturated rings. The van der Waals surface area contributed by atoms with Crippen LogP contribution >= 0.6 is 11.3 Å². The van der Waals surface area contributed by atoms with Gasteiger partial charge in [0, 0.05) is 58.5 Å². The van der Waals surface area contributed by atoms with Crippen molar-refractivity contribution in [1.29, 1.82) is 0 Å². The smallest absolute Gasteiger partial charge is 0.255 e. The van der Waals surface area contributed by atoms with Gasteiger partial charge in [-0.1, -0.05) is 0 Å². The molecule has 2 aromatic carbocycles. The summed E-state index contributed by atoms with van der Waals surface area (Å²) in [4.78, 5) is 32.5. The van der Waals surface area contributed by atoms with Gasteiger partial charge in [0.15, 0.2) is 11.5 Å². The Hall–Kier alpha value is -3.89. The van der Waals surface area contributed by atoms with E-state index in [9.17, 15) is 9.59 Å². The molecule has 188 valence electrons. The predicted octanol–water partition coefficient (Wildman–Crippen LogP) is 3.51. The average Bonchev–Trinajstić information content (AvgIpc) is 3.55. The van der Waals surface area contributed by atoms with E-state index in [4.69, 9.17) is 15.2 Å². The monoisotopic (exact) mass is 507 g/mol. The Kier molecular flexibility index (Phi) is 8.19. The van der Waals surface area contributed by atoms with Gasteiger partial charge in [-0.3, -0.25) is 9.59 Å². The van der Waals surface area contributed by atoms with E-state index in [-0.39, 0.29) is 11.8 Å². The van der Waals surface area contributed by atoms with E-state index in [0.717, 1.165) is 34.4 Å². The molecule has 0 aliphatic rings.